The second-order valence-corrected chi connectivity index (χ2v) is 4.34. The molecule has 0 radical (unpaired) electrons. The molecule has 0 aliphatic rings. The molecule has 0 saturated carbocycles. The number of pyridine rings is 1. The lowest BCUT2D eigenvalue weighted by molar-refractivity contribution is -0.385. The second-order valence-electron chi connectivity index (χ2n) is 4.34. The maximum Gasteiger partial charge on any atom is 0.315 e. The van der Waals surface area contributed by atoms with Gasteiger partial charge in [-0.2, -0.15) is 0 Å². The summed E-state index contributed by atoms with van der Waals surface area (Å²) >= 11 is 0. The lowest BCUT2D eigenvalue weighted by Crippen LogP contribution is -2.17. The van der Waals surface area contributed by atoms with Gasteiger partial charge in [-0.15, -0.1) is 0 Å². The Kier molecular flexibility index (Phi) is 3.35. The lowest BCUT2D eigenvalue weighted by atomic mass is 10.1. The highest BCUT2D eigenvalue weighted by atomic mass is 16.6. The number of benzene rings is 1. The number of nitro groups is 1. The van der Waals surface area contributed by atoms with Crippen molar-refractivity contribution in [2.45, 2.75) is 6.92 Å². The van der Waals surface area contributed by atoms with Crippen LogP contribution in [-0.4, -0.2) is 23.7 Å². The predicted octanol–water partition coefficient (Wildman–Crippen LogP) is 1.77. The van der Waals surface area contributed by atoms with Gasteiger partial charge < -0.3 is 14.0 Å². The van der Waals surface area contributed by atoms with Crippen LogP contribution in [0.2, 0.25) is 0 Å². The van der Waals surface area contributed by atoms with Gasteiger partial charge in [-0.25, -0.2) is 0 Å². The number of rotatable bonds is 3. The van der Waals surface area contributed by atoms with E-state index in [1.165, 1.54) is 30.9 Å². The van der Waals surface area contributed by atoms with E-state index in [-0.39, 0.29) is 22.7 Å². The van der Waals surface area contributed by atoms with Crippen LogP contribution < -0.4 is 15.0 Å². The van der Waals surface area contributed by atoms with Gasteiger partial charge in [-0.1, -0.05) is 0 Å². The Morgan fingerprint density at radius 2 is 1.90 bits per heavy atom. The number of nitro benzene ring substituents is 1. The molecule has 7 heteroatoms. The van der Waals surface area contributed by atoms with E-state index in [0.29, 0.717) is 16.5 Å². The molecule has 2 rings (SSSR count). The van der Waals surface area contributed by atoms with Gasteiger partial charge in [0.25, 0.3) is 5.56 Å². The quantitative estimate of drug-likeness (QED) is 0.631. The molecule has 0 unspecified atom stereocenters. The number of hydrogen-bond acceptors (Lipinski definition) is 5. The van der Waals surface area contributed by atoms with Crippen molar-refractivity contribution in [2.24, 2.45) is 7.05 Å². The number of aryl methyl sites for hydroxylation is 2. The molecule has 1 aromatic carbocycles. The first-order valence-electron chi connectivity index (χ1n) is 5.82. The highest BCUT2D eigenvalue weighted by Crippen LogP contribution is 2.41. The normalized spacial score (nSPS) is 10.6. The van der Waals surface area contributed by atoms with Gasteiger partial charge in [-0.05, 0) is 12.5 Å². The Hall–Kier alpha value is -2.57. The third-order valence-electron chi connectivity index (χ3n) is 3.22. The molecule has 2 aromatic rings. The van der Waals surface area contributed by atoms with Gasteiger partial charge in [0.1, 0.15) is 5.75 Å². The SMILES string of the molecule is COc1c([N+](=O)[O-])cc(OC)c2c1c(C)cc(=O)n2C. The molecule has 0 fully saturated rings. The molecular weight excluding hydrogens is 264 g/mol. The van der Waals surface area contributed by atoms with Crippen LogP contribution in [0.25, 0.3) is 10.9 Å². The zero-order chi connectivity index (χ0) is 15.0. The van der Waals surface area contributed by atoms with Crippen molar-refractivity contribution in [3.8, 4) is 11.5 Å². The predicted molar refractivity (Wildman–Crippen MR) is 73.7 cm³/mol. The van der Waals surface area contributed by atoms with Crippen molar-refractivity contribution in [3.05, 3.63) is 38.2 Å². The minimum absolute atomic E-state index is 0.124. The standard InChI is InChI=1S/C13H14N2O5/c1-7-5-10(16)14(2)12-9(19-3)6-8(15(17)18)13(20-4)11(7)12/h5-6H,1-4H3. The molecule has 1 heterocycles. The van der Waals surface area contributed by atoms with E-state index >= 15 is 0 Å². The lowest BCUT2D eigenvalue weighted by Gasteiger charge is -2.14. The fourth-order valence-corrected chi connectivity index (χ4v) is 2.28. The number of fused-ring (bicyclic) bond motifs is 1. The van der Waals surface area contributed by atoms with E-state index in [9.17, 15) is 14.9 Å². The van der Waals surface area contributed by atoms with Crippen molar-refractivity contribution in [3.63, 3.8) is 0 Å². The zero-order valence-electron chi connectivity index (χ0n) is 11.6. The summed E-state index contributed by atoms with van der Waals surface area (Å²) in [6, 6.07) is 2.67. The maximum absolute atomic E-state index is 11.9. The molecule has 7 nitrogen and oxygen atoms in total. The summed E-state index contributed by atoms with van der Waals surface area (Å²) in [4.78, 5) is 22.5. The molecule has 0 aliphatic carbocycles. The number of aromatic nitrogens is 1. The van der Waals surface area contributed by atoms with Crippen LogP contribution in [-0.2, 0) is 7.05 Å². The average molecular weight is 278 g/mol. The van der Waals surface area contributed by atoms with E-state index in [4.69, 9.17) is 9.47 Å². The molecule has 1 aromatic heterocycles. The van der Waals surface area contributed by atoms with Gasteiger partial charge >= 0.3 is 5.69 Å². The van der Waals surface area contributed by atoms with Crippen molar-refractivity contribution >= 4 is 16.6 Å². The molecular formula is C13H14N2O5. The number of ether oxygens (including phenoxy) is 2. The molecule has 0 atom stereocenters. The smallest absolute Gasteiger partial charge is 0.315 e. The van der Waals surface area contributed by atoms with E-state index in [0.717, 1.165) is 0 Å². The highest BCUT2D eigenvalue weighted by molar-refractivity contribution is 5.96. The van der Waals surface area contributed by atoms with Gasteiger partial charge in [0, 0.05) is 13.1 Å². The summed E-state index contributed by atoms with van der Waals surface area (Å²) in [6.07, 6.45) is 0. The monoisotopic (exact) mass is 278 g/mol. The molecule has 0 amide bonds. The van der Waals surface area contributed by atoms with Crippen LogP contribution in [0.4, 0.5) is 5.69 Å². The molecule has 106 valence electrons. The molecule has 20 heavy (non-hydrogen) atoms. The first-order chi connectivity index (χ1) is 9.42. The largest absolute Gasteiger partial charge is 0.494 e. The first-order valence-corrected chi connectivity index (χ1v) is 5.82. The van der Waals surface area contributed by atoms with E-state index in [2.05, 4.69) is 0 Å². The van der Waals surface area contributed by atoms with Crippen LogP contribution in [0.1, 0.15) is 5.56 Å². The van der Waals surface area contributed by atoms with Gasteiger partial charge in [0.05, 0.1) is 36.1 Å². The third kappa shape index (κ3) is 1.87. The maximum atomic E-state index is 11.9. The van der Waals surface area contributed by atoms with Crippen molar-refractivity contribution in [1.82, 2.24) is 4.57 Å². The van der Waals surface area contributed by atoms with Crippen LogP contribution in [0.3, 0.4) is 0 Å². The molecule has 0 bridgehead atoms. The number of methoxy groups -OCH3 is 2. The Labute approximate surface area is 114 Å². The summed E-state index contributed by atoms with van der Waals surface area (Å²) in [7, 11) is 4.34. The minimum Gasteiger partial charge on any atom is -0.494 e. The van der Waals surface area contributed by atoms with E-state index in [1.54, 1.807) is 14.0 Å². The summed E-state index contributed by atoms with van der Waals surface area (Å²) < 4.78 is 11.8. The number of hydrogen-bond donors (Lipinski definition) is 0. The van der Waals surface area contributed by atoms with Gasteiger partial charge in [-0.3, -0.25) is 14.9 Å². The summed E-state index contributed by atoms with van der Waals surface area (Å²) in [5.74, 6) is 0.384. The van der Waals surface area contributed by atoms with Crippen molar-refractivity contribution < 1.29 is 14.4 Å². The highest BCUT2D eigenvalue weighted by Gasteiger charge is 2.24. The summed E-state index contributed by atoms with van der Waals surface area (Å²) in [5.41, 5.74) is 0.657. The summed E-state index contributed by atoms with van der Waals surface area (Å²) in [6.45, 7) is 1.70. The van der Waals surface area contributed by atoms with Crippen molar-refractivity contribution in [2.75, 3.05) is 14.2 Å². The zero-order valence-corrected chi connectivity index (χ0v) is 11.6. The fraction of sp³-hybridized carbons (Fsp3) is 0.308. The molecule has 0 spiro atoms. The molecule has 0 N–H and O–H groups in total. The van der Waals surface area contributed by atoms with Crippen LogP contribution >= 0.6 is 0 Å². The number of nitrogens with zero attached hydrogens (tertiary/aromatic N) is 2. The Morgan fingerprint density at radius 3 is 2.40 bits per heavy atom. The van der Waals surface area contributed by atoms with Crippen LogP contribution in [0.15, 0.2) is 16.9 Å². The Bertz CT molecular complexity index is 764. The fourth-order valence-electron chi connectivity index (χ4n) is 2.28. The Balaban J connectivity index is 3.13. The summed E-state index contributed by atoms with van der Waals surface area (Å²) in [5, 5.41) is 11.7. The van der Waals surface area contributed by atoms with E-state index in [1.807, 2.05) is 0 Å². The minimum atomic E-state index is -0.536. The van der Waals surface area contributed by atoms with E-state index < -0.39 is 4.92 Å². The third-order valence-corrected chi connectivity index (χ3v) is 3.22. The second kappa shape index (κ2) is 4.84. The van der Waals surface area contributed by atoms with Crippen molar-refractivity contribution in [1.29, 1.82) is 0 Å². The van der Waals surface area contributed by atoms with Gasteiger partial charge in [0.2, 0.25) is 5.75 Å². The molecule has 0 saturated heterocycles. The Morgan fingerprint density at radius 1 is 1.25 bits per heavy atom. The topological polar surface area (TPSA) is 83.6 Å². The van der Waals surface area contributed by atoms with Crippen LogP contribution in [0, 0.1) is 17.0 Å². The molecule has 0 aliphatic heterocycles. The first kappa shape index (κ1) is 13.9. The van der Waals surface area contributed by atoms with Crippen LogP contribution in [0.5, 0.6) is 11.5 Å². The average Bonchev–Trinajstić information content (AvgIpc) is 2.42. The van der Waals surface area contributed by atoms with Gasteiger partial charge in [0.15, 0.2) is 0 Å².